The summed E-state index contributed by atoms with van der Waals surface area (Å²) in [6, 6.07) is 13.3. The zero-order valence-electron chi connectivity index (χ0n) is 17.2. The van der Waals surface area contributed by atoms with Gasteiger partial charge in [-0.05, 0) is 80.2 Å². The summed E-state index contributed by atoms with van der Waals surface area (Å²) >= 11 is 0. The van der Waals surface area contributed by atoms with E-state index in [1.807, 2.05) is 0 Å². The lowest BCUT2D eigenvalue weighted by Gasteiger charge is -2.27. The first-order chi connectivity index (χ1) is 13.0. The van der Waals surface area contributed by atoms with Gasteiger partial charge in [0.15, 0.2) is 0 Å². The highest BCUT2D eigenvalue weighted by molar-refractivity contribution is 6.05. The lowest BCUT2D eigenvalue weighted by atomic mass is 9.78. The van der Waals surface area contributed by atoms with E-state index in [1.165, 1.54) is 76.3 Å². The molecule has 1 N–H and O–H groups in total. The maximum Gasteiger partial charge on any atom is 0.0420 e. The van der Waals surface area contributed by atoms with Gasteiger partial charge in [0.2, 0.25) is 0 Å². The van der Waals surface area contributed by atoms with Crippen LogP contribution >= 0.6 is 0 Å². The maximum atomic E-state index is 9.10. The first kappa shape index (κ1) is 18.2. The Morgan fingerprint density at radius 2 is 1.37 bits per heavy atom. The topological polar surface area (TPSA) is 23.9 Å². The molecule has 0 amide bonds. The Morgan fingerprint density at radius 3 is 1.96 bits per heavy atom. The molecule has 0 saturated heterocycles. The minimum absolute atomic E-state index is 0.327. The molecule has 1 fully saturated rings. The van der Waals surface area contributed by atoms with Crippen LogP contribution in [-0.4, -0.2) is 5.71 Å². The smallest absolute Gasteiger partial charge is 0.0420 e. The van der Waals surface area contributed by atoms with E-state index in [0.717, 1.165) is 5.71 Å². The van der Waals surface area contributed by atoms with Crippen LogP contribution in [0.15, 0.2) is 58.7 Å². The minimum atomic E-state index is 0.327. The molecule has 27 heavy (non-hydrogen) atoms. The summed E-state index contributed by atoms with van der Waals surface area (Å²) in [5.41, 5.74) is 9.18. The van der Waals surface area contributed by atoms with E-state index in [4.69, 9.17) is 5.41 Å². The van der Waals surface area contributed by atoms with Gasteiger partial charge >= 0.3 is 0 Å². The predicted molar refractivity (Wildman–Crippen MR) is 117 cm³/mol. The van der Waals surface area contributed by atoms with Crippen LogP contribution in [0.2, 0.25) is 0 Å². The second kappa shape index (κ2) is 7.11. The van der Waals surface area contributed by atoms with Gasteiger partial charge in [0.1, 0.15) is 0 Å². The molecule has 2 aliphatic rings. The summed E-state index contributed by atoms with van der Waals surface area (Å²) in [6.45, 7) is 9.06. The Hall–Kier alpha value is -2.15. The first-order valence-corrected chi connectivity index (χ1v) is 10.5. The fourth-order valence-electron chi connectivity index (χ4n) is 5.16. The second-order valence-corrected chi connectivity index (χ2v) is 8.58. The Morgan fingerprint density at radius 1 is 0.815 bits per heavy atom. The zero-order chi connectivity index (χ0) is 19.1. The van der Waals surface area contributed by atoms with Gasteiger partial charge in [0.25, 0.3) is 0 Å². The van der Waals surface area contributed by atoms with Crippen molar-refractivity contribution in [2.75, 3.05) is 0 Å². The van der Waals surface area contributed by atoms with Crippen LogP contribution in [0.5, 0.6) is 0 Å². The Labute approximate surface area is 163 Å². The molecule has 0 atom stereocenters. The molecule has 1 heteroatoms. The molecular formula is C26H31N. The van der Waals surface area contributed by atoms with Crippen LogP contribution < -0.4 is 0 Å². The summed E-state index contributed by atoms with van der Waals surface area (Å²) in [5, 5.41) is 11.6. The molecule has 2 aromatic carbocycles. The van der Waals surface area contributed by atoms with Crippen LogP contribution in [0.25, 0.3) is 10.8 Å². The van der Waals surface area contributed by atoms with Crippen LogP contribution in [-0.2, 0) is 0 Å². The average Bonchev–Trinajstić information content (AvgIpc) is 2.90. The number of nitrogens with one attached hydrogen (secondary N) is 1. The van der Waals surface area contributed by atoms with Crippen molar-refractivity contribution >= 4 is 16.5 Å². The van der Waals surface area contributed by atoms with Gasteiger partial charge in [0.05, 0.1) is 0 Å². The average molecular weight is 358 g/mol. The van der Waals surface area contributed by atoms with Crippen molar-refractivity contribution in [2.45, 2.75) is 65.7 Å². The van der Waals surface area contributed by atoms with Crippen molar-refractivity contribution in [1.29, 1.82) is 5.41 Å². The molecule has 140 valence electrons. The highest BCUT2D eigenvalue weighted by Crippen LogP contribution is 2.45. The molecule has 1 nitrogen and oxygen atoms in total. The molecule has 0 bridgehead atoms. The normalized spacial score (nSPS) is 19.4. The highest BCUT2D eigenvalue weighted by atomic mass is 14.5. The standard InChI is InChI=1S/C26H31N/c1-16-17(2)19(4)25(18(16)3)23-14-21-12-8-9-13-22(21)15-24(23)26(27)20-10-6-5-7-11-20/h8-9,12-15,20,25,27H,5-7,10-11H2,1-4H3. The van der Waals surface area contributed by atoms with Gasteiger partial charge in [-0.2, -0.15) is 0 Å². The van der Waals surface area contributed by atoms with Crippen LogP contribution in [0.4, 0.5) is 0 Å². The Kier molecular flexibility index (Phi) is 4.80. The van der Waals surface area contributed by atoms with Gasteiger partial charge < -0.3 is 5.41 Å². The number of benzene rings is 2. The molecule has 4 rings (SSSR count). The molecule has 2 aliphatic carbocycles. The SMILES string of the molecule is CC1=C(C)C(c2cc3ccccc3cc2C(=N)C2CCCCC2)C(C)=C1C. The van der Waals surface area contributed by atoms with Crippen molar-refractivity contribution in [3.8, 4) is 0 Å². The Balaban J connectivity index is 1.89. The van der Waals surface area contributed by atoms with Gasteiger partial charge in [-0.3, -0.25) is 0 Å². The van der Waals surface area contributed by atoms with Gasteiger partial charge in [-0.25, -0.2) is 0 Å². The molecule has 0 unspecified atom stereocenters. The fourth-order valence-corrected chi connectivity index (χ4v) is 5.16. The summed E-state index contributed by atoms with van der Waals surface area (Å²) in [5.74, 6) is 0.754. The van der Waals surface area contributed by atoms with E-state index < -0.39 is 0 Å². The third-order valence-corrected chi connectivity index (χ3v) is 7.14. The van der Waals surface area contributed by atoms with E-state index >= 15 is 0 Å². The van der Waals surface area contributed by atoms with Crippen molar-refractivity contribution in [2.24, 2.45) is 5.92 Å². The number of fused-ring (bicyclic) bond motifs is 1. The summed E-state index contributed by atoms with van der Waals surface area (Å²) < 4.78 is 0. The highest BCUT2D eigenvalue weighted by Gasteiger charge is 2.30. The molecular weight excluding hydrogens is 326 g/mol. The molecule has 0 heterocycles. The number of rotatable bonds is 3. The maximum absolute atomic E-state index is 9.10. The zero-order valence-corrected chi connectivity index (χ0v) is 17.2. The van der Waals surface area contributed by atoms with E-state index in [2.05, 4.69) is 64.1 Å². The number of hydrogen-bond donors (Lipinski definition) is 1. The molecule has 0 radical (unpaired) electrons. The molecule has 0 aliphatic heterocycles. The van der Waals surface area contributed by atoms with Gasteiger partial charge in [-0.15, -0.1) is 0 Å². The molecule has 1 saturated carbocycles. The number of hydrogen-bond acceptors (Lipinski definition) is 1. The third kappa shape index (κ3) is 3.08. The van der Waals surface area contributed by atoms with Gasteiger partial charge in [0, 0.05) is 23.1 Å². The van der Waals surface area contributed by atoms with Gasteiger partial charge in [-0.1, -0.05) is 54.7 Å². The molecule has 2 aromatic rings. The first-order valence-electron chi connectivity index (χ1n) is 10.5. The molecule has 0 aromatic heterocycles. The third-order valence-electron chi connectivity index (χ3n) is 7.14. The number of allylic oxidation sites excluding steroid dienone is 4. The summed E-state index contributed by atoms with van der Waals surface area (Å²) in [4.78, 5) is 0. The van der Waals surface area contributed by atoms with E-state index in [0.29, 0.717) is 11.8 Å². The predicted octanol–water partition coefficient (Wildman–Crippen LogP) is 7.56. The lowest BCUT2D eigenvalue weighted by molar-refractivity contribution is 0.438. The van der Waals surface area contributed by atoms with Crippen LogP contribution in [0, 0.1) is 11.3 Å². The van der Waals surface area contributed by atoms with E-state index in [9.17, 15) is 0 Å². The van der Waals surface area contributed by atoms with Crippen LogP contribution in [0.1, 0.15) is 76.8 Å². The van der Waals surface area contributed by atoms with E-state index in [1.54, 1.807) is 0 Å². The molecule has 0 spiro atoms. The lowest BCUT2D eigenvalue weighted by Crippen LogP contribution is -2.20. The fraction of sp³-hybridized carbons (Fsp3) is 0.423. The second-order valence-electron chi connectivity index (χ2n) is 8.58. The van der Waals surface area contributed by atoms with Crippen molar-refractivity contribution in [3.05, 3.63) is 69.8 Å². The van der Waals surface area contributed by atoms with Crippen LogP contribution in [0.3, 0.4) is 0 Å². The monoisotopic (exact) mass is 357 g/mol. The van der Waals surface area contributed by atoms with Crippen molar-refractivity contribution < 1.29 is 0 Å². The summed E-state index contributed by atoms with van der Waals surface area (Å²) in [7, 11) is 0. The summed E-state index contributed by atoms with van der Waals surface area (Å²) in [6.07, 6.45) is 6.24. The Bertz CT molecular complexity index is 943. The quantitative estimate of drug-likeness (QED) is 0.548. The minimum Gasteiger partial charge on any atom is -0.304 e. The van der Waals surface area contributed by atoms with Crippen molar-refractivity contribution in [1.82, 2.24) is 0 Å². The van der Waals surface area contributed by atoms with Crippen molar-refractivity contribution in [3.63, 3.8) is 0 Å². The van der Waals surface area contributed by atoms with E-state index in [-0.39, 0.29) is 0 Å². The largest absolute Gasteiger partial charge is 0.304 e.